The summed E-state index contributed by atoms with van der Waals surface area (Å²) < 4.78 is 6.77. The number of nitrogens with one attached hydrogen (secondary N) is 2. The van der Waals surface area contributed by atoms with Crippen molar-refractivity contribution in [1.82, 2.24) is 28.7 Å². The smallest absolute Gasteiger partial charge is 0.295 e. The second kappa shape index (κ2) is 9.30. The minimum atomic E-state index is -0.213. The molecule has 0 aliphatic carbocycles. The van der Waals surface area contributed by atoms with Crippen LogP contribution in [-0.4, -0.2) is 28.7 Å². The highest BCUT2D eigenvalue weighted by Gasteiger charge is 2.19. The molecule has 0 amide bonds. The highest BCUT2D eigenvalue weighted by molar-refractivity contribution is 5.63. The molecular formula is C27H28N8O2. The predicted octanol–water partition coefficient (Wildman–Crippen LogP) is 3.87. The molecule has 0 saturated carbocycles. The van der Waals surface area contributed by atoms with Gasteiger partial charge < -0.3 is 10.6 Å². The van der Waals surface area contributed by atoms with Gasteiger partial charge in [0.05, 0.1) is 22.8 Å². The van der Waals surface area contributed by atoms with E-state index in [1.165, 1.54) is 0 Å². The summed E-state index contributed by atoms with van der Waals surface area (Å²) >= 11 is 0. The van der Waals surface area contributed by atoms with E-state index < -0.39 is 0 Å². The summed E-state index contributed by atoms with van der Waals surface area (Å²) in [5.74, 6) is 0.698. The summed E-state index contributed by atoms with van der Waals surface area (Å²) in [5, 5.41) is 6.28. The van der Waals surface area contributed by atoms with Crippen molar-refractivity contribution in [3.8, 4) is 11.4 Å². The lowest BCUT2D eigenvalue weighted by Crippen LogP contribution is -2.21. The molecule has 188 valence electrons. The van der Waals surface area contributed by atoms with Crippen LogP contribution in [0.15, 0.2) is 76.3 Å². The maximum atomic E-state index is 13.3. The van der Waals surface area contributed by atoms with Crippen molar-refractivity contribution in [2.24, 2.45) is 14.1 Å². The largest absolute Gasteiger partial charge is 0.334 e. The minimum absolute atomic E-state index is 0.193. The Morgan fingerprint density at radius 2 is 1.11 bits per heavy atom. The maximum Gasteiger partial charge on any atom is 0.295 e. The summed E-state index contributed by atoms with van der Waals surface area (Å²) in [6.45, 7) is 5.56. The number of para-hydroxylation sites is 2. The Morgan fingerprint density at radius 1 is 0.649 bits per heavy atom. The van der Waals surface area contributed by atoms with Crippen LogP contribution in [0.1, 0.15) is 17.1 Å². The van der Waals surface area contributed by atoms with Gasteiger partial charge in [0.1, 0.15) is 17.2 Å². The molecule has 0 unspecified atom stereocenters. The number of rotatable bonds is 6. The molecule has 0 aliphatic heterocycles. The first-order valence-electron chi connectivity index (χ1n) is 11.8. The molecule has 37 heavy (non-hydrogen) atoms. The second-order valence-corrected chi connectivity index (χ2v) is 8.84. The van der Waals surface area contributed by atoms with Gasteiger partial charge in [-0.2, -0.15) is 4.98 Å². The predicted molar refractivity (Wildman–Crippen MR) is 145 cm³/mol. The minimum Gasteiger partial charge on any atom is -0.334 e. The topological polar surface area (TPSA) is 104 Å². The summed E-state index contributed by atoms with van der Waals surface area (Å²) in [5.41, 5.74) is 4.07. The summed E-state index contributed by atoms with van der Waals surface area (Å²) in [6.07, 6.45) is 0. The molecule has 3 heterocycles. The van der Waals surface area contributed by atoms with Crippen molar-refractivity contribution in [1.29, 1.82) is 0 Å². The van der Waals surface area contributed by atoms with Gasteiger partial charge >= 0.3 is 0 Å². The van der Waals surface area contributed by atoms with E-state index in [0.717, 1.165) is 22.8 Å². The molecule has 5 rings (SSSR count). The second-order valence-electron chi connectivity index (χ2n) is 8.84. The van der Waals surface area contributed by atoms with E-state index in [1.54, 1.807) is 24.8 Å². The van der Waals surface area contributed by atoms with E-state index in [9.17, 15) is 9.59 Å². The van der Waals surface area contributed by atoms with E-state index >= 15 is 0 Å². The van der Waals surface area contributed by atoms with E-state index in [0.29, 0.717) is 22.9 Å². The molecule has 2 N–H and O–H groups in total. The average Bonchev–Trinajstić information content (AvgIpc) is 3.23. The molecule has 0 aliphatic rings. The molecule has 10 nitrogen and oxygen atoms in total. The Morgan fingerprint density at radius 3 is 1.59 bits per heavy atom. The monoisotopic (exact) mass is 496 g/mol. The molecule has 0 spiro atoms. The molecule has 10 heteroatoms. The van der Waals surface area contributed by atoms with Gasteiger partial charge in [-0.1, -0.05) is 36.4 Å². The van der Waals surface area contributed by atoms with Crippen LogP contribution in [0.4, 0.5) is 23.1 Å². The Balaban J connectivity index is 1.50. The third-order valence-corrected chi connectivity index (χ3v) is 6.45. The molecule has 0 fully saturated rings. The third kappa shape index (κ3) is 4.22. The highest BCUT2D eigenvalue weighted by atomic mass is 16.1. The standard InChI is InChI=1S/C27H28N8O2/c1-17-16-22(29-23-18(2)32(4)34(25(23)36)20-12-8-6-9-13-20)30-27(28-17)31-24-19(3)33(5)35(26(24)37)21-14-10-7-11-15-21/h6-16H,1-5H3,(H2,28,29,30,31). The van der Waals surface area contributed by atoms with E-state index in [4.69, 9.17) is 0 Å². The lowest BCUT2D eigenvalue weighted by atomic mass is 10.3. The fourth-order valence-electron chi connectivity index (χ4n) is 4.35. The maximum absolute atomic E-state index is 13.3. The zero-order valence-electron chi connectivity index (χ0n) is 21.4. The zero-order chi connectivity index (χ0) is 26.3. The van der Waals surface area contributed by atoms with Crippen LogP contribution in [0.25, 0.3) is 11.4 Å². The van der Waals surface area contributed by atoms with Crippen LogP contribution in [0.3, 0.4) is 0 Å². The number of nitrogens with zero attached hydrogens (tertiary/aromatic N) is 6. The number of hydrogen-bond donors (Lipinski definition) is 2. The van der Waals surface area contributed by atoms with Crippen molar-refractivity contribution in [3.05, 3.63) is 105 Å². The number of benzene rings is 2. The van der Waals surface area contributed by atoms with Gasteiger partial charge in [-0.25, -0.2) is 14.3 Å². The van der Waals surface area contributed by atoms with Crippen LogP contribution in [0.5, 0.6) is 0 Å². The lowest BCUT2D eigenvalue weighted by Gasteiger charge is -2.09. The van der Waals surface area contributed by atoms with Gasteiger partial charge in [0.25, 0.3) is 11.1 Å². The van der Waals surface area contributed by atoms with Crippen LogP contribution >= 0.6 is 0 Å². The molecule has 5 aromatic rings. The Bertz CT molecular complexity index is 1590. The fourth-order valence-corrected chi connectivity index (χ4v) is 4.35. The van der Waals surface area contributed by atoms with Crippen LogP contribution < -0.4 is 21.8 Å². The Kier molecular flexibility index (Phi) is 6.00. The van der Waals surface area contributed by atoms with E-state index in [2.05, 4.69) is 20.6 Å². The third-order valence-electron chi connectivity index (χ3n) is 6.45. The molecule has 0 saturated heterocycles. The summed E-state index contributed by atoms with van der Waals surface area (Å²) in [7, 11) is 3.66. The first kappa shape index (κ1) is 23.9. The molecule has 2 aromatic carbocycles. The van der Waals surface area contributed by atoms with Gasteiger partial charge in [-0.05, 0) is 45.0 Å². The van der Waals surface area contributed by atoms with Gasteiger partial charge in [0, 0.05) is 25.9 Å². The first-order valence-corrected chi connectivity index (χ1v) is 11.8. The fraction of sp³-hybridized carbons (Fsp3) is 0.185. The Labute approximate surface area is 213 Å². The molecule has 0 bridgehead atoms. The number of aromatic nitrogens is 6. The summed E-state index contributed by atoms with van der Waals surface area (Å²) in [4.78, 5) is 35.7. The van der Waals surface area contributed by atoms with Crippen molar-refractivity contribution < 1.29 is 0 Å². The van der Waals surface area contributed by atoms with Crippen LogP contribution in [0, 0.1) is 20.8 Å². The van der Waals surface area contributed by atoms with Gasteiger partial charge in [0.15, 0.2) is 0 Å². The van der Waals surface area contributed by atoms with Crippen LogP contribution in [-0.2, 0) is 14.1 Å². The summed E-state index contributed by atoms with van der Waals surface area (Å²) in [6, 6.07) is 20.6. The lowest BCUT2D eigenvalue weighted by molar-refractivity contribution is 0.630. The Hall–Kier alpha value is -4.86. The SMILES string of the molecule is Cc1cc(Nc2c(C)n(C)n(-c3ccccc3)c2=O)nc(Nc2c(C)n(C)n(-c3ccccc3)c2=O)n1. The van der Waals surface area contributed by atoms with Gasteiger partial charge in [-0.3, -0.25) is 19.0 Å². The van der Waals surface area contributed by atoms with Crippen molar-refractivity contribution in [2.75, 3.05) is 10.6 Å². The van der Waals surface area contributed by atoms with Crippen LogP contribution in [0.2, 0.25) is 0 Å². The number of anilines is 4. The number of aryl methyl sites for hydroxylation is 1. The highest BCUT2D eigenvalue weighted by Crippen LogP contribution is 2.22. The van der Waals surface area contributed by atoms with Crippen molar-refractivity contribution in [2.45, 2.75) is 20.8 Å². The normalized spacial score (nSPS) is 11.1. The first-order chi connectivity index (χ1) is 17.8. The van der Waals surface area contributed by atoms with Crippen molar-refractivity contribution >= 4 is 23.1 Å². The van der Waals surface area contributed by atoms with E-state index in [1.807, 2.05) is 95.5 Å². The molecule has 0 atom stereocenters. The van der Waals surface area contributed by atoms with Gasteiger partial charge in [0.2, 0.25) is 5.95 Å². The molecular weight excluding hydrogens is 468 g/mol. The van der Waals surface area contributed by atoms with E-state index in [-0.39, 0.29) is 17.1 Å². The average molecular weight is 497 g/mol. The molecule has 0 radical (unpaired) electrons. The molecule has 3 aromatic heterocycles. The number of hydrogen-bond acceptors (Lipinski definition) is 6. The quantitative estimate of drug-likeness (QED) is 0.370. The zero-order valence-corrected chi connectivity index (χ0v) is 21.4. The van der Waals surface area contributed by atoms with Gasteiger partial charge in [-0.15, -0.1) is 0 Å². The van der Waals surface area contributed by atoms with Crippen molar-refractivity contribution in [3.63, 3.8) is 0 Å².